The maximum Gasteiger partial charge on any atom is 0.406 e. The molecule has 2 aromatic rings. The van der Waals surface area contributed by atoms with Crippen molar-refractivity contribution in [2.24, 2.45) is 0 Å². The van der Waals surface area contributed by atoms with Gasteiger partial charge in [0.15, 0.2) is 0 Å². The van der Waals surface area contributed by atoms with Crippen molar-refractivity contribution in [1.82, 2.24) is 29.8 Å². The van der Waals surface area contributed by atoms with Gasteiger partial charge in [-0.25, -0.2) is 0 Å². The Labute approximate surface area is 179 Å². The molecule has 1 N–H and O–H groups in total. The lowest BCUT2D eigenvalue weighted by Gasteiger charge is -2.27. The minimum absolute atomic E-state index is 0.117. The van der Waals surface area contributed by atoms with Crippen LogP contribution in [0.15, 0.2) is 12.1 Å². The summed E-state index contributed by atoms with van der Waals surface area (Å²) < 4.78 is 42.2. The van der Waals surface area contributed by atoms with Crippen LogP contribution >= 0.6 is 0 Å². The third-order valence-electron chi connectivity index (χ3n) is 4.92. The molecule has 8 nitrogen and oxygen atoms in total. The number of alkyl halides is 3. The van der Waals surface area contributed by atoms with Crippen molar-refractivity contribution in [3.05, 3.63) is 34.9 Å². The van der Waals surface area contributed by atoms with Crippen molar-refractivity contribution in [3.63, 3.8) is 0 Å². The van der Waals surface area contributed by atoms with Crippen molar-refractivity contribution >= 4 is 11.8 Å². The number of halogens is 3. The number of nitrogens with zero attached hydrogens (tertiary/aromatic N) is 5. The van der Waals surface area contributed by atoms with Crippen molar-refractivity contribution in [1.29, 1.82) is 0 Å². The summed E-state index contributed by atoms with van der Waals surface area (Å²) in [5.74, 6) is -1.11. The van der Waals surface area contributed by atoms with Crippen LogP contribution in [-0.2, 0) is 9.59 Å². The summed E-state index contributed by atoms with van der Waals surface area (Å²) in [5.41, 5.74) is 2.91. The van der Waals surface area contributed by atoms with Gasteiger partial charge in [-0.15, -0.1) is 0 Å². The molecule has 2 aromatic heterocycles. The Morgan fingerprint density at radius 3 is 1.90 bits per heavy atom. The molecule has 0 radical (unpaired) electrons. The molecule has 0 aliphatic heterocycles. The van der Waals surface area contributed by atoms with E-state index in [0.29, 0.717) is 16.3 Å². The van der Waals surface area contributed by atoms with E-state index in [1.54, 1.807) is 38.4 Å². The number of carbonyl (C=O) groups is 2. The Kier molecular flexibility index (Phi) is 7.50. The summed E-state index contributed by atoms with van der Waals surface area (Å²) in [7, 11) is 0. The second-order valence-corrected chi connectivity index (χ2v) is 7.76. The first-order valence-electron chi connectivity index (χ1n) is 9.99. The predicted octanol–water partition coefficient (Wildman–Crippen LogP) is 2.64. The molecule has 0 aromatic carbocycles. The van der Waals surface area contributed by atoms with Crippen LogP contribution in [0.2, 0.25) is 0 Å². The Hall–Kier alpha value is -2.85. The summed E-state index contributed by atoms with van der Waals surface area (Å²) in [6.07, 6.45) is -4.56. The highest BCUT2D eigenvalue weighted by Crippen LogP contribution is 2.20. The van der Waals surface area contributed by atoms with E-state index >= 15 is 0 Å². The molecule has 2 heterocycles. The van der Waals surface area contributed by atoms with E-state index in [2.05, 4.69) is 15.5 Å². The van der Waals surface area contributed by atoms with Gasteiger partial charge < -0.3 is 10.2 Å². The molecule has 0 aliphatic rings. The van der Waals surface area contributed by atoms with Gasteiger partial charge in [0.25, 0.3) is 0 Å². The minimum atomic E-state index is -4.56. The Balaban J connectivity index is 2.05. The van der Waals surface area contributed by atoms with Gasteiger partial charge in [-0.3, -0.25) is 19.0 Å². The lowest BCUT2D eigenvalue weighted by Crippen LogP contribution is -2.46. The molecule has 0 bridgehead atoms. The van der Waals surface area contributed by atoms with Gasteiger partial charge in [-0.05, 0) is 53.7 Å². The predicted molar refractivity (Wildman–Crippen MR) is 108 cm³/mol. The van der Waals surface area contributed by atoms with Gasteiger partial charge in [0, 0.05) is 24.5 Å². The fourth-order valence-corrected chi connectivity index (χ4v) is 3.50. The zero-order chi connectivity index (χ0) is 23.5. The molecule has 2 rings (SSSR count). The van der Waals surface area contributed by atoms with Crippen LogP contribution < -0.4 is 5.32 Å². The quantitative estimate of drug-likeness (QED) is 0.681. The smallest absolute Gasteiger partial charge is 0.352 e. The van der Waals surface area contributed by atoms with Crippen molar-refractivity contribution in [3.8, 4) is 0 Å². The molecule has 2 amide bonds. The number of nitrogens with one attached hydrogen (secondary N) is 1. The second-order valence-electron chi connectivity index (χ2n) is 7.76. The average molecular weight is 442 g/mol. The lowest BCUT2D eigenvalue weighted by molar-refractivity contribution is -0.163. The number of hydrogen-bond acceptors (Lipinski definition) is 4. The lowest BCUT2D eigenvalue weighted by atomic mass is 10.2. The first-order chi connectivity index (χ1) is 14.3. The zero-order valence-electron chi connectivity index (χ0n) is 18.6. The third-order valence-corrected chi connectivity index (χ3v) is 4.92. The Morgan fingerprint density at radius 2 is 1.48 bits per heavy atom. The van der Waals surface area contributed by atoms with Crippen LogP contribution in [0.3, 0.4) is 0 Å². The maximum absolute atomic E-state index is 13.1. The highest BCUT2D eigenvalue weighted by Gasteiger charge is 2.35. The van der Waals surface area contributed by atoms with Gasteiger partial charge in [-0.2, -0.15) is 23.4 Å². The number of aryl methyl sites for hydroxylation is 4. The summed E-state index contributed by atoms with van der Waals surface area (Å²) >= 11 is 0. The van der Waals surface area contributed by atoms with Gasteiger partial charge in [0.2, 0.25) is 11.8 Å². The Bertz CT molecular complexity index is 934. The largest absolute Gasteiger partial charge is 0.406 e. The first-order valence-corrected chi connectivity index (χ1v) is 9.99. The molecule has 11 heteroatoms. The summed E-state index contributed by atoms with van der Waals surface area (Å²) in [5, 5.41) is 11.0. The van der Waals surface area contributed by atoms with Crippen molar-refractivity contribution in [2.45, 2.75) is 59.8 Å². The fourth-order valence-electron chi connectivity index (χ4n) is 3.50. The van der Waals surface area contributed by atoms with E-state index in [4.69, 9.17) is 0 Å². The molecule has 2 atom stereocenters. The number of hydrogen-bond donors (Lipinski definition) is 1. The number of aromatic nitrogens is 4. The normalized spacial score (nSPS) is 13.7. The van der Waals surface area contributed by atoms with Crippen LogP contribution in [0.5, 0.6) is 0 Å². The molecule has 0 saturated heterocycles. The summed E-state index contributed by atoms with van der Waals surface area (Å²) in [6, 6.07) is 2.04. The standard InChI is InChI=1S/C20H29F3N6O2/c1-12-9-14(3)28(25-12)16(5)18(30)24-7-8-27(11-20(21,22)23)19(31)17(6)29-15(4)10-13(2)26-29/h9-10,16-17H,7-8,11H2,1-6H3,(H,24,30)/t16-,17+/m1/s1. The van der Waals surface area contributed by atoms with E-state index in [0.717, 1.165) is 11.4 Å². The van der Waals surface area contributed by atoms with Gasteiger partial charge in [0.05, 0.1) is 11.4 Å². The molecule has 172 valence electrons. The van der Waals surface area contributed by atoms with Crippen LogP contribution in [0.1, 0.15) is 48.7 Å². The minimum Gasteiger partial charge on any atom is -0.352 e. The van der Waals surface area contributed by atoms with E-state index in [-0.39, 0.29) is 13.1 Å². The van der Waals surface area contributed by atoms with Crippen LogP contribution in [0.4, 0.5) is 13.2 Å². The SMILES string of the molecule is Cc1cc(C)n([C@H](C)C(=O)NCCN(CC(F)(F)F)C(=O)[C@H](C)n2nc(C)cc2C)n1. The van der Waals surface area contributed by atoms with E-state index in [1.165, 1.54) is 11.6 Å². The first kappa shape index (κ1) is 24.4. The van der Waals surface area contributed by atoms with Gasteiger partial charge in [-0.1, -0.05) is 0 Å². The van der Waals surface area contributed by atoms with Gasteiger partial charge in [0.1, 0.15) is 18.6 Å². The van der Waals surface area contributed by atoms with Crippen molar-refractivity contribution in [2.75, 3.05) is 19.6 Å². The average Bonchev–Trinajstić information content (AvgIpc) is 3.17. The van der Waals surface area contributed by atoms with Crippen LogP contribution in [0, 0.1) is 27.7 Å². The molecule has 0 saturated carbocycles. The maximum atomic E-state index is 13.1. The van der Waals surface area contributed by atoms with E-state index in [1.807, 2.05) is 13.0 Å². The molecular formula is C20H29F3N6O2. The molecule has 0 spiro atoms. The molecule has 31 heavy (non-hydrogen) atoms. The number of amides is 2. The van der Waals surface area contributed by atoms with Crippen LogP contribution in [0.25, 0.3) is 0 Å². The van der Waals surface area contributed by atoms with Crippen LogP contribution in [-0.4, -0.2) is 62.1 Å². The Morgan fingerprint density at radius 1 is 1.00 bits per heavy atom. The topological polar surface area (TPSA) is 85.0 Å². The van der Waals surface area contributed by atoms with E-state index < -0.39 is 36.6 Å². The van der Waals surface area contributed by atoms with E-state index in [9.17, 15) is 22.8 Å². The number of carbonyl (C=O) groups excluding carboxylic acids is 2. The highest BCUT2D eigenvalue weighted by atomic mass is 19.4. The van der Waals surface area contributed by atoms with Crippen molar-refractivity contribution < 1.29 is 22.8 Å². The number of rotatable bonds is 8. The monoisotopic (exact) mass is 442 g/mol. The summed E-state index contributed by atoms with van der Waals surface area (Å²) in [6.45, 7) is 8.45. The summed E-state index contributed by atoms with van der Waals surface area (Å²) in [4.78, 5) is 25.9. The molecule has 0 unspecified atom stereocenters. The zero-order valence-corrected chi connectivity index (χ0v) is 18.6. The second kappa shape index (κ2) is 9.52. The fraction of sp³-hybridized carbons (Fsp3) is 0.600. The third kappa shape index (κ3) is 6.31. The molecule has 0 fully saturated rings. The van der Waals surface area contributed by atoms with Gasteiger partial charge >= 0.3 is 6.18 Å². The highest BCUT2D eigenvalue weighted by molar-refractivity contribution is 5.81. The molecular weight excluding hydrogens is 413 g/mol. The molecule has 0 aliphatic carbocycles.